The van der Waals surface area contributed by atoms with Crippen molar-refractivity contribution in [3.63, 3.8) is 0 Å². The summed E-state index contributed by atoms with van der Waals surface area (Å²) >= 11 is 1.28. The normalized spacial score (nSPS) is 10.7. The Morgan fingerprint density at radius 1 is 1.35 bits per heavy atom. The number of amides is 1. The lowest BCUT2D eigenvalue weighted by atomic mass is 10.1. The van der Waals surface area contributed by atoms with Gasteiger partial charge in [0.05, 0.1) is 0 Å². The second kappa shape index (κ2) is 6.07. The summed E-state index contributed by atoms with van der Waals surface area (Å²) in [4.78, 5) is 22.5. The Hall–Kier alpha value is -2.54. The number of carbonyl (C=O) groups is 2. The highest BCUT2D eigenvalue weighted by Crippen LogP contribution is 2.15. The number of aromatic nitrogens is 2. The molecule has 0 aliphatic carbocycles. The molecule has 0 bridgehead atoms. The Bertz CT molecular complexity index is 679. The van der Waals surface area contributed by atoms with Crippen LogP contribution < -0.4 is 5.32 Å². The third kappa shape index (κ3) is 3.72. The van der Waals surface area contributed by atoms with Gasteiger partial charge in [0.1, 0.15) is 5.01 Å². The van der Waals surface area contributed by atoms with Gasteiger partial charge in [-0.1, -0.05) is 23.5 Å². The Morgan fingerprint density at radius 3 is 2.80 bits per heavy atom. The van der Waals surface area contributed by atoms with Gasteiger partial charge in [0.25, 0.3) is 5.91 Å². The number of carboxylic acids is 1. The van der Waals surface area contributed by atoms with Gasteiger partial charge in [-0.05, 0) is 30.7 Å². The van der Waals surface area contributed by atoms with Gasteiger partial charge >= 0.3 is 5.97 Å². The zero-order valence-electron chi connectivity index (χ0n) is 10.5. The maximum absolute atomic E-state index is 12.0. The molecule has 7 heteroatoms. The zero-order valence-corrected chi connectivity index (χ0v) is 11.3. The molecule has 0 aliphatic heterocycles. The fourth-order valence-corrected chi connectivity index (χ4v) is 2.05. The van der Waals surface area contributed by atoms with Crippen molar-refractivity contribution in [1.82, 2.24) is 10.2 Å². The highest BCUT2D eigenvalue weighted by Gasteiger charge is 2.09. The number of carboxylic acid groups (broad SMARTS) is 1. The number of aryl methyl sites for hydroxylation is 1. The molecule has 1 aromatic carbocycles. The van der Waals surface area contributed by atoms with Crippen molar-refractivity contribution >= 4 is 34.4 Å². The Morgan fingerprint density at radius 2 is 2.15 bits per heavy atom. The molecule has 102 valence electrons. The van der Waals surface area contributed by atoms with E-state index in [0.717, 1.165) is 11.1 Å². The average molecular weight is 289 g/mol. The van der Waals surface area contributed by atoms with Gasteiger partial charge < -0.3 is 5.11 Å². The first-order valence-corrected chi connectivity index (χ1v) is 6.49. The topological polar surface area (TPSA) is 92.2 Å². The molecule has 0 radical (unpaired) electrons. The van der Waals surface area contributed by atoms with E-state index in [-0.39, 0.29) is 5.91 Å². The number of benzene rings is 1. The number of hydrogen-bond donors (Lipinski definition) is 2. The molecule has 20 heavy (non-hydrogen) atoms. The first kappa shape index (κ1) is 13.9. The fourth-order valence-electron chi connectivity index (χ4n) is 1.47. The molecule has 0 atom stereocenters. The molecule has 2 aromatic rings. The molecule has 1 amide bonds. The molecule has 2 N–H and O–H groups in total. The number of nitrogens with one attached hydrogen (secondary N) is 1. The van der Waals surface area contributed by atoms with Gasteiger partial charge in [0.2, 0.25) is 5.13 Å². The molecule has 0 saturated heterocycles. The first-order chi connectivity index (χ1) is 9.54. The monoisotopic (exact) mass is 289 g/mol. The number of hydrogen-bond acceptors (Lipinski definition) is 5. The van der Waals surface area contributed by atoms with Crippen molar-refractivity contribution in [1.29, 1.82) is 0 Å². The van der Waals surface area contributed by atoms with Crippen LogP contribution in [0.15, 0.2) is 30.3 Å². The van der Waals surface area contributed by atoms with E-state index in [1.165, 1.54) is 17.4 Å². The maximum Gasteiger partial charge on any atom is 0.328 e. The highest BCUT2D eigenvalue weighted by atomic mass is 32.1. The summed E-state index contributed by atoms with van der Waals surface area (Å²) < 4.78 is 0. The van der Waals surface area contributed by atoms with E-state index in [9.17, 15) is 9.59 Å². The molecule has 6 nitrogen and oxygen atoms in total. The lowest BCUT2D eigenvalue weighted by Gasteiger charge is -2.02. The van der Waals surface area contributed by atoms with Crippen molar-refractivity contribution < 1.29 is 14.7 Å². The van der Waals surface area contributed by atoms with E-state index < -0.39 is 5.97 Å². The van der Waals surface area contributed by atoms with Crippen LogP contribution >= 0.6 is 11.3 Å². The van der Waals surface area contributed by atoms with Gasteiger partial charge in [-0.2, -0.15) is 0 Å². The van der Waals surface area contributed by atoms with Crippen LogP contribution in [0.25, 0.3) is 6.08 Å². The summed E-state index contributed by atoms with van der Waals surface area (Å²) in [7, 11) is 0. The van der Waals surface area contributed by atoms with E-state index >= 15 is 0 Å². The summed E-state index contributed by atoms with van der Waals surface area (Å²) in [6, 6.07) is 6.64. The zero-order chi connectivity index (χ0) is 14.5. The third-order valence-corrected chi connectivity index (χ3v) is 3.07. The third-order valence-electron chi connectivity index (χ3n) is 2.31. The molecule has 1 heterocycles. The summed E-state index contributed by atoms with van der Waals surface area (Å²) in [5, 5.41) is 20.0. The van der Waals surface area contributed by atoms with E-state index in [2.05, 4.69) is 15.5 Å². The first-order valence-electron chi connectivity index (χ1n) is 5.67. The van der Waals surface area contributed by atoms with Gasteiger partial charge in [-0.25, -0.2) is 4.79 Å². The number of carbonyl (C=O) groups excluding carboxylic acids is 1. The molecule has 0 unspecified atom stereocenters. The molecule has 0 saturated carbocycles. The second-order valence-corrected chi connectivity index (χ2v) is 5.06. The number of nitrogens with zero attached hydrogens (tertiary/aromatic N) is 2. The van der Waals surface area contributed by atoms with Crippen LogP contribution in [-0.2, 0) is 4.79 Å². The molecule has 0 fully saturated rings. The average Bonchev–Trinajstić information content (AvgIpc) is 2.82. The number of rotatable bonds is 4. The molecule has 2 rings (SSSR count). The Labute approximate surface area is 118 Å². The highest BCUT2D eigenvalue weighted by molar-refractivity contribution is 7.15. The minimum absolute atomic E-state index is 0.313. The smallest absolute Gasteiger partial charge is 0.328 e. The van der Waals surface area contributed by atoms with Crippen molar-refractivity contribution in [2.24, 2.45) is 0 Å². The van der Waals surface area contributed by atoms with E-state index in [4.69, 9.17) is 5.11 Å². The summed E-state index contributed by atoms with van der Waals surface area (Å²) in [5.74, 6) is -1.35. The summed E-state index contributed by atoms with van der Waals surface area (Å²) in [5.41, 5.74) is 1.05. The Balaban J connectivity index is 2.14. The Kier molecular flexibility index (Phi) is 4.21. The van der Waals surface area contributed by atoms with Crippen LogP contribution in [0.4, 0.5) is 5.13 Å². The summed E-state index contributed by atoms with van der Waals surface area (Å²) in [6.45, 7) is 1.80. The predicted octanol–water partition coefficient (Wildman–Crippen LogP) is 2.20. The van der Waals surface area contributed by atoms with Crippen LogP contribution in [-0.4, -0.2) is 27.2 Å². The van der Waals surface area contributed by atoms with Gasteiger partial charge in [0, 0.05) is 11.6 Å². The van der Waals surface area contributed by atoms with Crippen molar-refractivity contribution in [2.45, 2.75) is 6.92 Å². The number of anilines is 1. The second-order valence-electron chi connectivity index (χ2n) is 3.88. The van der Waals surface area contributed by atoms with Gasteiger partial charge in [-0.3, -0.25) is 10.1 Å². The fraction of sp³-hybridized carbons (Fsp3) is 0.0769. The molecular weight excluding hydrogens is 278 g/mol. The molecule has 0 spiro atoms. The largest absolute Gasteiger partial charge is 0.478 e. The van der Waals surface area contributed by atoms with E-state index in [1.807, 2.05) is 0 Å². The van der Waals surface area contributed by atoms with Crippen molar-refractivity contribution in [3.05, 3.63) is 46.5 Å². The van der Waals surface area contributed by atoms with Gasteiger partial charge in [0.15, 0.2) is 0 Å². The molecule has 0 aliphatic rings. The standard InChI is InChI=1S/C13H11N3O3S/c1-8-15-16-13(20-8)14-12(19)10-4-2-3-9(7-10)5-6-11(17)18/h2-7H,1H3,(H,17,18)(H,14,16,19)/b6-5+. The predicted molar refractivity (Wildman–Crippen MR) is 75.7 cm³/mol. The van der Waals surface area contributed by atoms with Crippen LogP contribution in [0.2, 0.25) is 0 Å². The quantitative estimate of drug-likeness (QED) is 0.842. The number of aliphatic carboxylic acids is 1. The van der Waals surface area contributed by atoms with Gasteiger partial charge in [-0.15, -0.1) is 10.2 Å². The molecular formula is C13H11N3O3S. The van der Waals surface area contributed by atoms with Crippen LogP contribution in [0, 0.1) is 6.92 Å². The SMILES string of the molecule is Cc1nnc(NC(=O)c2cccc(/C=C/C(=O)O)c2)s1. The lowest BCUT2D eigenvalue weighted by Crippen LogP contribution is -2.11. The van der Waals surface area contributed by atoms with E-state index in [0.29, 0.717) is 16.3 Å². The maximum atomic E-state index is 12.0. The van der Waals surface area contributed by atoms with Crippen molar-refractivity contribution in [3.8, 4) is 0 Å². The lowest BCUT2D eigenvalue weighted by molar-refractivity contribution is -0.131. The summed E-state index contributed by atoms with van der Waals surface area (Å²) in [6.07, 6.45) is 2.44. The van der Waals surface area contributed by atoms with E-state index in [1.54, 1.807) is 31.2 Å². The van der Waals surface area contributed by atoms with Crippen LogP contribution in [0.1, 0.15) is 20.9 Å². The van der Waals surface area contributed by atoms with Crippen molar-refractivity contribution in [2.75, 3.05) is 5.32 Å². The van der Waals surface area contributed by atoms with Crippen LogP contribution in [0.3, 0.4) is 0 Å². The minimum Gasteiger partial charge on any atom is -0.478 e. The van der Waals surface area contributed by atoms with Crippen LogP contribution in [0.5, 0.6) is 0 Å². The molecule has 1 aromatic heterocycles. The minimum atomic E-state index is -1.04.